The molecule has 1 aliphatic carbocycles. The lowest BCUT2D eigenvalue weighted by Gasteiger charge is -2.21. The molecule has 0 saturated heterocycles. The second-order valence-electron chi connectivity index (χ2n) is 8.21. The fraction of sp³-hybridized carbons (Fsp3) is 0.545. The van der Waals surface area contributed by atoms with E-state index in [4.69, 9.17) is 11.6 Å². The minimum Gasteiger partial charge on any atom is -0.309 e. The molecule has 1 aromatic carbocycles. The Kier molecular flexibility index (Phi) is 7.58. The maximum atomic E-state index is 13.2. The number of anilines is 1. The van der Waals surface area contributed by atoms with E-state index in [1.807, 2.05) is 10.9 Å². The van der Waals surface area contributed by atoms with Gasteiger partial charge >= 0.3 is 0 Å². The Labute approximate surface area is 183 Å². The van der Waals surface area contributed by atoms with Crippen molar-refractivity contribution >= 4 is 33.2 Å². The first-order valence-corrected chi connectivity index (χ1v) is 12.9. The largest absolute Gasteiger partial charge is 0.309 e. The fourth-order valence-electron chi connectivity index (χ4n) is 4.09. The molecule has 30 heavy (non-hydrogen) atoms. The third-order valence-corrected chi connectivity index (χ3v) is 7.33. The van der Waals surface area contributed by atoms with Crippen LogP contribution in [0.15, 0.2) is 35.4 Å². The minimum absolute atomic E-state index is 0.0857. The first-order chi connectivity index (χ1) is 14.3. The van der Waals surface area contributed by atoms with Crippen LogP contribution in [0.4, 0.5) is 5.82 Å². The Bertz CT molecular complexity index is 981. The monoisotopic (exact) mass is 451 g/mol. The molecule has 1 saturated carbocycles. The highest BCUT2D eigenvalue weighted by Crippen LogP contribution is 2.36. The zero-order valence-corrected chi connectivity index (χ0v) is 19.2. The SMILES string of the molecule is CCCCn1ccc(NC(=O)C(CC2CCCC2)c2ccc(S(C)(=O)=O)c(Cl)c2)n1. The highest BCUT2D eigenvalue weighted by Gasteiger charge is 2.28. The highest BCUT2D eigenvalue weighted by atomic mass is 35.5. The molecular weight excluding hydrogens is 422 g/mol. The number of benzene rings is 1. The molecule has 1 heterocycles. The van der Waals surface area contributed by atoms with Crippen LogP contribution in [-0.2, 0) is 21.2 Å². The molecule has 1 unspecified atom stereocenters. The zero-order valence-electron chi connectivity index (χ0n) is 17.6. The van der Waals surface area contributed by atoms with Crippen LogP contribution >= 0.6 is 11.6 Å². The number of nitrogens with one attached hydrogen (secondary N) is 1. The number of hydrogen-bond acceptors (Lipinski definition) is 4. The molecule has 1 N–H and O–H groups in total. The summed E-state index contributed by atoms with van der Waals surface area (Å²) < 4.78 is 25.6. The summed E-state index contributed by atoms with van der Waals surface area (Å²) in [6.07, 6.45) is 10.4. The van der Waals surface area contributed by atoms with Crippen molar-refractivity contribution < 1.29 is 13.2 Å². The molecule has 1 aromatic heterocycles. The van der Waals surface area contributed by atoms with Gasteiger partial charge in [-0.25, -0.2) is 8.42 Å². The van der Waals surface area contributed by atoms with E-state index >= 15 is 0 Å². The van der Waals surface area contributed by atoms with Crippen LogP contribution in [0.1, 0.15) is 63.4 Å². The number of unbranched alkanes of at least 4 members (excludes halogenated alkanes) is 1. The topological polar surface area (TPSA) is 81.1 Å². The quantitative estimate of drug-likeness (QED) is 0.578. The number of hydrogen-bond donors (Lipinski definition) is 1. The van der Waals surface area contributed by atoms with Gasteiger partial charge in [0.1, 0.15) is 0 Å². The van der Waals surface area contributed by atoms with Crippen LogP contribution in [0.25, 0.3) is 0 Å². The summed E-state index contributed by atoms with van der Waals surface area (Å²) in [7, 11) is -3.42. The van der Waals surface area contributed by atoms with Crippen molar-refractivity contribution in [3.8, 4) is 0 Å². The molecule has 1 aliphatic rings. The first-order valence-electron chi connectivity index (χ1n) is 10.6. The summed E-state index contributed by atoms with van der Waals surface area (Å²) in [5.74, 6) is 0.480. The van der Waals surface area contributed by atoms with Crippen LogP contribution < -0.4 is 5.32 Å². The number of aryl methyl sites for hydroxylation is 1. The maximum Gasteiger partial charge on any atom is 0.233 e. The van der Waals surface area contributed by atoms with E-state index in [1.165, 1.54) is 18.9 Å². The summed E-state index contributed by atoms with van der Waals surface area (Å²) in [5.41, 5.74) is 0.738. The molecule has 0 bridgehead atoms. The molecule has 164 valence electrons. The third kappa shape index (κ3) is 5.85. The number of sulfone groups is 1. The summed E-state index contributed by atoms with van der Waals surface area (Å²) in [4.78, 5) is 13.3. The van der Waals surface area contributed by atoms with Crippen molar-refractivity contribution in [2.45, 2.75) is 69.2 Å². The fourth-order valence-corrected chi connectivity index (χ4v) is 5.43. The summed E-state index contributed by atoms with van der Waals surface area (Å²) in [6.45, 7) is 2.94. The van der Waals surface area contributed by atoms with Crippen LogP contribution in [-0.4, -0.2) is 30.4 Å². The van der Waals surface area contributed by atoms with Crippen LogP contribution in [0, 0.1) is 5.92 Å². The molecule has 1 amide bonds. The Balaban J connectivity index is 1.82. The van der Waals surface area contributed by atoms with E-state index in [1.54, 1.807) is 18.2 Å². The Morgan fingerprint density at radius 3 is 2.67 bits per heavy atom. The predicted octanol–water partition coefficient (Wildman–Crippen LogP) is 5.04. The number of aromatic nitrogens is 2. The van der Waals surface area contributed by atoms with Crippen molar-refractivity contribution in [2.75, 3.05) is 11.6 Å². The van der Waals surface area contributed by atoms with Gasteiger partial charge in [-0.2, -0.15) is 5.10 Å². The highest BCUT2D eigenvalue weighted by molar-refractivity contribution is 7.90. The number of halogens is 1. The van der Waals surface area contributed by atoms with E-state index in [0.717, 1.165) is 50.5 Å². The van der Waals surface area contributed by atoms with Crippen molar-refractivity contribution in [1.29, 1.82) is 0 Å². The number of carbonyl (C=O) groups is 1. The number of amides is 1. The average Bonchev–Trinajstić information content (AvgIpc) is 3.35. The van der Waals surface area contributed by atoms with E-state index in [9.17, 15) is 13.2 Å². The van der Waals surface area contributed by atoms with E-state index in [2.05, 4.69) is 17.3 Å². The van der Waals surface area contributed by atoms with Crippen LogP contribution in [0.5, 0.6) is 0 Å². The molecule has 1 fully saturated rings. The second kappa shape index (κ2) is 9.96. The Morgan fingerprint density at radius 2 is 2.03 bits per heavy atom. The maximum absolute atomic E-state index is 13.2. The smallest absolute Gasteiger partial charge is 0.233 e. The number of rotatable bonds is 9. The average molecular weight is 452 g/mol. The molecule has 3 rings (SSSR count). The van der Waals surface area contributed by atoms with E-state index < -0.39 is 15.8 Å². The summed E-state index contributed by atoms with van der Waals surface area (Å²) in [6, 6.07) is 6.64. The molecule has 0 aliphatic heterocycles. The third-order valence-electron chi connectivity index (χ3n) is 5.75. The lowest BCUT2D eigenvalue weighted by molar-refractivity contribution is -0.118. The van der Waals surface area contributed by atoms with Gasteiger partial charge in [-0.05, 0) is 36.5 Å². The van der Waals surface area contributed by atoms with Crippen molar-refractivity contribution in [3.05, 3.63) is 41.0 Å². The number of carbonyl (C=O) groups excluding carboxylic acids is 1. The molecule has 2 aromatic rings. The van der Waals surface area contributed by atoms with E-state index in [0.29, 0.717) is 11.7 Å². The molecule has 8 heteroatoms. The van der Waals surface area contributed by atoms with Gasteiger partial charge in [-0.1, -0.05) is 56.7 Å². The lowest BCUT2D eigenvalue weighted by Crippen LogP contribution is -2.23. The predicted molar refractivity (Wildman–Crippen MR) is 120 cm³/mol. The van der Waals surface area contributed by atoms with Gasteiger partial charge in [0.15, 0.2) is 15.7 Å². The normalized spacial score (nSPS) is 16.0. The second-order valence-corrected chi connectivity index (χ2v) is 10.6. The van der Waals surface area contributed by atoms with Crippen molar-refractivity contribution in [3.63, 3.8) is 0 Å². The van der Waals surface area contributed by atoms with Gasteiger partial charge in [0, 0.05) is 25.1 Å². The molecular formula is C22H30ClN3O3S. The van der Waals surface area contributed by atoms with Gasteiger partial charge < -0.3 is 5.32 Å². The van der Waals surface area contributed by atoms with Crippen LogP contribution in [0.3, 0.4) is 0 Å². The molecule has 0 spiro atoms. The summed E-state index contributed by atoms with van der Waals surface area (Å²) >= 11 is 6.26. The molecule has 1 atom stereocenters. The van der Waals surface area contributed by atoms with Gasteiger partial charge in [0.05, 0.1) is 15.8 Å². The van der Waals surface area contributed by atoms with Crippen molar-refractivity contribution in [1.82, 2.24) is 9.78 Å². The van der Waals surface area contributed by atoms with Crippen LogP contribution in [0.2, 0.25) is 5.02 Å². The Hall–Kier alpha value is -1.86. The van der Waals surface area contributed by atoms with E-state index in [-0.39, 0.29) is 15.8 Å². The minimum atomic E-state index is -3.42. The zero-order chi connectivity index (χ0) is 21.7. The summed E-state index contributed by atoms with van der Waals surface area (Å²) in [5, 5.41) is 7.54. The van der Waals surface area contributed by atoms with Gasteiger partial charge in [-0.3, -0.25) is 9.48 Å². The standard InChI is InChI=1S/C22H30ClN3O3S/c1-3-4-12-26-13-11-21(25-26)24-22(27)18(14-16-7-5-6-8-16)17-9-10-20(19(23)15-17)30(2,28)29/h9-11,13,15-16,18H,3-8,12,14H2,1-2H3,(H,24,25,27). The first kappa shape index (κ1) is 22.8. The molecule has 6 nitrogen and oxygen atoms in total. The molecule has 0 radical (unpaired) electrons. The van der Waals surface area contributed by atoms with Crippen molar-refractivity contribution in [2.24, 2.45) is 5.92 Å². The lowest BCUT2D eigenvalue weighted by atomic mass is 9.87. The number of nitrogens with zero attached hydrogens (tertiary/aromatic N) is 2. The van der Waals surface area contributed by atoms with Gasteiger partial charge in [0.2, 0.25) is 5.91 Å². The Morgan fingerprint density at radius 1 is 1.30 bits per heavy atom. The van der Waals surface area contributed by atoms with Gasteiger partial charge in [-0.15, -0.1) is 0 Å². The van der Waals surface area contributed by atoms with Gasteiger partial charge in [0.25, 0.3) is 0 Å².